The Morgan fingerprint density at radius 3 is 1.24 bits per heavy atom. The molecule has 0 aromatic heterocycles. The molecule has 4 rings (SSSR count). The van der Waals surface area contributed by atoms with Crippen LogP contribution in [0.3, 0.4) is 0 Å². The Labute approximate surface area is 222 Å². The Balaban J connectivity index is 0.00000193. The molecule has 0 heterocycles. The van der Waals surface area contributed by atoms with Gasteiger partial charge in [-0.05, 0) is 0 Å². The summed E-state index contributed by atoms with van der Waals surface area (Å²) in [5.41, 5.74) is 2.47. The summed E-state index contributed by atoms with van der Waals surface area (Å²) >= 11 is -1.60. The monoisotopic (exact) mass is 558 g/mol. The molecule has 2 nitrogen and oxygen atoms in total. The molecule has 0 atom stereocenters. The summed E-state index contributed by atoms with van der Waals surface area (Å²) in [5.74, 6) is 1.91. The van der Waals surface area contributed by atoms with E-state index >= 15 is 0 Å². The summed E-state index contributed by atoms with van der Waals surface area (Å²) in [7, 11) is 0. The Kier molecular flexibility index (Phi) is 9.07. The molecule has 172 valence electrons. The Morgan fingerprint density at radius 2 is 0.879 bits per heavy atom. The quantitative estimate of drug-likeness (QED) is 0.380. The van der Waals surface area contributed by atoms with Gasteiger partial charge in [-0.3, -0.25) is 0 Å². The van der Waals surface area contributed by atoms with Crippen molar-refractivity contribution in [1.82, 2.24) is 0 Å². The van der Waals surface area contributed by atoms with E-state index in [1.165, 1.54) is 32.7 Å². The summed E-state index contributed by atoms with van der Waals surface area (Å²) in [4.78, 5) is 0. The van der Waals surface area contributed by atoms with E-state index in [2.05, 4.69) is 114 Å². The van der Waals surface area contributed by atoms with Crippen LogP contribution in [0.25, 0.3) is 21.5 Å². The van der Waals surface area contributed by atoms with Gasteiger partial charge >= 0.3 is 199 Å². The first kappa shape index (κ1) is 27.7. The van der Waals surface area contributed by atoms with Gasteiger partial charge in [-0.25, -0.2) is 0 Å². The summed E-state index contributed by atoms with van der Waals surface area (Å²) in [5, 5.41) is 5.01. The fourth-order valence-corrected chi connectivity index (χ4v) is 5.71. The summed E-state index contributed by atoms with van der Waals surface area (Å²) in [6.45, 7) is 13.5. The number of rotatable bonds is 4. The Hall–Kier alpha value is -1.54. The van der Waals surface area contributed by atoms with Crippen LogP contribution in [0.1, 0.15) is 52.7 Å². The van der Waals surface area contributed by atoms with Crippen molar-refractivity contribution in [2.75, 3.05) is 0 Å². The summed E-state index contributed by atoms with van der Waals surface area (Å²) < 4.78 is 12.8. The van der Waals surface area contributed by atoms with E-state index in [0.29, 0.717) is 0 Å². The fraction of sp³-hybridized carbons (Fsp3) is 0.286. The third kappa shape index (κ3) is 5.94. The van der Waals surface area contributed by atoms with Gasteiger partial charge in [0.25, 0.3) is 0 Å². The number of hydrogen-bond acceptors (Lipinski definition) is 2. The topological polar surface area (TPSA) is 18.5 Å². The van der Waals surface area contributed by atoms with Crippen molar-refractivity contribution in [2.45, 2.75) is 52.4 Å². The van der Waals surface area contributed by atoms with Crippen molar-refractivity contribution in [3.05, 3.63) is 83.9 Å². The maximum absolute atomic E-state index is 6.40. The molecule has 4 aromatic carbocycles. The molecule has 4 aromatic rings. The number of benzene rings is 4. The van der Waals surface area contributed by atoms with Crippen LogP contribution >= 0.6 is 0 Å². The molecule has 0 amide bonds. The van der Waals surface area contributed by atoms with Gasteiger partial charge in [0.15, 0.2) is 0 Å². The van der Waals surface area contributed by atoms with Crippen molar-refractivity contribution in [1.29, 1.82) is 0 Å². The van der Waals surface area contributed by atoms with Crippen LogP contribution < -0.4 is 30.4 Å². The molecule has 0 spiro atoms. The van der Waals surface area contributed by atoms with Crippen molar-refractivity contribution >= 4 is 21.5 Å². The smallest absolute Gasteiger partial charge is 1.00 e. The SMILES string of the molecule is CC(C)(C)c1c([O][Zr+2][O]c2ccc3ccccc3c2C(C)(C)C)ccc2ccccc12.[Cl-].[Cl-]. The van der Waals surface area contributed by atoms with E-state index < -0.39 is 24.1 Å². The third-order valence-electron chi connectivity index (χ3n) is 5.58. The van der Waals surface area contributed by atoms with Crippen LogP contribution in [0.5, 0.6) is 11.5 Å². The zero-order chi connectivity index (χ0) is 22.2. The minimum Gasteiger partial charge on any atom is -1.00 e. The second-order valence-electron chi connectivity index (χ2n) is 10.1. The molecule has 5 heteroatoms. The zero-order valence-corrected chi connectivity index (χ0v) is 24.0. The first-order chi connectivity index (χ1) is 14.7. The first-order valence-electron chi connectivity index (χ1n) is 10.8. The molecule has 0 aliphatic carbocycles. The van der Waals surface area contributed by atoms with E-state index in [4.69, 9.17) is 5.63 Å². The molecular formula is C28H30Cl2O2Zr. The molecule has 0 N–H and O–H groups in total. The number of hydrogen-bond donors (Lipinski definition) is 0. The molecular weight excluding hydrogens is 530 g/mol. The van der Waals surface area contributed by atoms with E-state index in [9.17, 15) is 0 Å². The van der Waals surface area contributed by atoms with Crippen LogP contribution in [0, 0.1) is 0 Å². The first-order valence-corrected chi connectivity index (χ1v) is 12.8. The van der Waals surface area contributed by atoms with Gasteiger partial charge in [-0.1, -0.05) is 0 Å². The standard InChI is InChI=1S/2C14H16O.2ClH.Zr/c2*1-14(2,3)13-11-7-5-4-6-10(11)8-9-12(13)15;;;/h2*4-9,15H,1-3H3;2*1H;/q;;;;+4/p-4. The van der Waals surface area contributed by atoms with Gasteiger partial charge in [0.05, 0.1) is 0 Å². The molecule has 0 saturated carbocycles. The van der Waals surface area contributed by atoms with Gasteiger partial charge < -0.3 is 24.8 Å². The van der Waals surface area contributed by atoms with Gasteiger partial charge in [0, 0.05) is 0 Å². The predicted octanol–water partition coefficient (Wildman–Crippen LogP) is 1.97. The molecule has 33 heavy (non-hydrogen) atoms. The van der Waals surface area contributed by atoms with E-state index in [1.54, 1.807) is 0 Å². The third-order valence-corrected chi connectivity index (χ3v) is 7.08. The molecule has 0 bridgehead atoms. The number of fused-ring (bicyclic) bond motifs is 2. The van der Waals surface area contributed by atoms with E-state index in [0.717, 1.165) is 11.5 Å². The van der Waals surface area contributed by atoms with Gasteiger partial charge in [-0.15, -0.1) is 0 Å². The summed E-state index contributed by atoms with van der Waals surface area (Å²) in [6.07, 6.45) is 0. The van der Waals surface area contributed by atoms with Crippen molar-refractivity contribution in [3.63, 3.8) is 0 Å². The molecule has 0 saturated heterocycles. The fourth-order valence-electron chi connectivity index (χ4n) is 4.33. The molecule has 0 radical (unpaired) electrons. The van der Waals surface area contributed by atoms with E-state index in [1.807, 2.05) is 0 Å². The summed E-state index contributed by atoms with van der Waals surface area (Å²) in [6, 6.07) is 25.6. The average Bonchev–Trinajstić information content (AvgIpc) is 2.71. The van der Waals surface area contributed by atoms with Crippen molar-refractivity contribution in [2.24, 2.45) is 0 Å². The minimum atomic E-state index is -1.60. The van der Waals surface area contributed by atoms with E-state index in [-0.39, 0.29) is 35.6 Å². The Bertz CT molecular complexity index is 1140. The average molecular weight is 561 g/mol. The normalized spacial score (nSPS) is 11.3. The van der Waals surface area contributed by atoms with Crippen LogP contribution in [0.4, 0.5) is 0 Å². The van der Waals surface area contributed by atoms with Crippen LogP contribution in [-0.2, 0) is 34.9 Å². The van der Waals surface area contributed by atoms with Crippen LogP contribution in [0.2, 0.25) is 0 Å². The number of halogens is 2. The maximum Gasteiger partial charge on any atom is -1.00 e. The predicted molar refractivity (Wildman–Crippen MR) is 127 cm³/mol. The van der Waals surface area contributed by atoms with Crippen molar-refractivity contribution in [3.8, 4) is 11.5 Å². The van der Waals surface area contributed by atoms with Gasteiger partial charge in [0.2, 0.25) is 0 Å². The second kappa shape index (κ2) is 10.8. The molecule has 0 aliphatic heterocycles. The molecule has 0 unspecified atom stereocenters. The van der Waals surface area contributed by atoms with Gasteiger partial charge in [-0.2, -0.15) is 0 Å². The van der Waals surface area contributed by atoms with Crippen molar-refractivity contribution < 1.29 is 54.6 Å². The zero-order valence-electron chi connectivity index (χ0n) is 20.0. The van der Waals surface area contributed by atoms with Crippen LogP contribution in [-0.4, -0.2) is 0 Å². The largest absolute Gasteiger partial charge is 1.00 e. The maximum atomic E-state index is 6.40. The van der Waals surface area contributed by atoms with Crippen LogP contribution in [0.15, 0.2) is 72.8 Å². The Morgan fingerprint density at radius 1 is 0.515 bits per heavy atom. The molecule has 0 fully saturated rings. The second-order valence-corrected chi connectivity index (χ2v) is 11.5. The minimum absolute atomic E-state index is 0. The van der Waals surface area contributed by atoms with Gasteiger partial charge in [0.1, 0.15) is 0 Å². The molecule has 0 aliphatic rings.